The Morgan fingerprint density at radius 2 is 2.20 bits per heavy atom. The maximum atomic E-state index is 11.4. The second-order valence-corrected chi connectivity index (χ2v) is 5.00. The molecule has 0 radical (unpaired) electrons. The molecule has 2 amide bonds. The van der Waals surface area contributed by atoms with Crippen molar-refractivity contribution in [2.75, 3.05) is 31.1 Å². The van der Waals surface area contributed by atoms with Crippen LogP contribution in [-0.4, -0.2) is 37.2 Å². The Labute approximate surface area is 120 Å². The van der Waals surface area contributed by atoms with Crippen LogP contribution in [-0.2, 0) is 0 Å². The molecule has 1 aliphatic heterocycles. The van der Waals surface area contributed by atoms with E-state index in [-0.39, 0.29) is 6.03 Å². The van der Waals surface area contributed by atoms with E-state index in [1.807, 2.05) is 24.4 Å². The summed E-state index contributed by atoms with van der Waals surface area (Å²) in [5, 5.41) is 5.63. The van der Waals surface area contributed by atoms with Crippen molar-refractivity contribution in [2.45, 2.75) is 12.8 Å². The monoisotopic (exact) mass is 274 g/mol. The smallest absolute Gasteiger partial charge is 0.315 e. The lowest BCUT2D eigenvalue weighted by molar-refractivity contribution is 0.238. The van der Waals surface area contributed by atoms with E-state index in [9.17, 15) is 4.79 Å². The molecule has 108 valence electrons. The maximum Gasteiger partial charge on any atom is 0.315 e. The third-order valence-electron chi connectivity index (χ3n) is 3.55. The Morgan fingerprint density at radius 1 is 1.40 bits per heavy atom. The zero-order valence-electron chi connectivity index (χ0n) is 11.7. The molecule has 0 spiro atoms. The number of carbonyl (C=O) groups excluding carboxylic acids is 1. The van der Waals surface area contributed by atoms with Gasteiger partial charge in [0.15, 0.2) is 0 Å². The molecule has 1 aromatic heterocycles. The molecular weight excluding hydrogens is 252 g/mol. The van der Waals surface area contributed by atoms with Gasteiger partial charge >= 0.3 is 6.03 Å². The van der Waals surface area contributed by atoms with Crippen molar-refractivity contribution in [3.63, 3.8) is 0 Å². The molecule has 5 heteroatoms. The fourth-order valence-electron chi connectivity index (χ4n) is 2.37. The summed E-state index contributed by atoms with van der Waals surface area (Å²) in [5.41, 5.74) is 0. The van der Waals surface area contributed by atoms with Crippen LogP contribution in [0.25, 0.3) is 0 Å². The number of amides is 2. The van der Waals surface area contributed by atoms with Gasteiger partial charge in [-0.1, -0.05) is 12.1 Å². The Morgan fingerprint density at radius 3 is 2.85 bits per heavy atom. The van der Waals surface area contributed by atoms with E-state index in [1.165, 1.54) is 0 Å². The Kier molecular flexibility index (Phi) is 5.41. The van der Waals surface area contributed by atoms with Gasteiger partial charge < -0.3 is 15.5 Å². The number of anilines is 1. The molecule has 0 bridgehead atoms. The van der Waals surface area contributed by atoms with Gasteiger partial charge in [0.25, 0.3) is 0 Å². The molecule has 20 heavy (non-hydrogen) atoms. The lowest BCUT2D eigenvalue weighted by atomic mass is 9.97. The molecule has 2 rings (SSSR count). The highest BCUT2D eigenvalue weighted by Crippen LogP contribution is 2.20. The van der Waals surface area contributed by atoms with Gasteiger partial charge in [0.2, 0.25) is 0 Å². The van der Waals surface area contributed by atoms with Gasteiger partial charge in [0, 0.05) is 32.4 Å². The Balaban J connectivity index is 1.69. The highest BCUT2D eigenvalue weighted by atomic mass is 16.2. The zero-order chi connectivity index (χ0) is 14.2. The van der Waals surface area contributed by atoms with Crippen molar-refractivity contribution < 1.29 is 4.79 Å². The second-order valence-electron chi connectivity index (χ2n) is 5.00. The van der Waals surface area contributed by atoms with Gasteiger partial charge in [-0.3, -0.25) is 0 Å². The van der Waals surface area contributed by atoms with E-state index >= 15 is 0 Å². The molecule has 0 atom stereocenters. The van der Waals surface area contributed by atoms with Gasteiger partial charge in [0.1, 0.15) is 5.82 Å². The lowest BCUT2D eigenvalue weighted by Crippen LogP contribution is -2.42. The largest absolute Gasteiger partial charge is 0.357 e. The minimum absolute atomic E-state index is 0.114. The summed E-state index contributed by atoms with van der Waals surface area (Å²) in [6, 6.07) is 5.88. The number of hydrogen-bond donors (Lipinski definition) is 2. The predicted molar refractivity (Wildman–Crippen MR) is 80.8 cm³/mol. The molecule has 0 unspecified atom stereocenters. The summed E-state index contributed by atoms with van der Waals surface area (Å²) in [7, 11) is 0. The fourth-order valence-corrected chi connectivity index (χ4v) is 2.37. The number of carbonyl (C=O) groups is 1. The molecule has 1 aliphatic rings. The number of hydrogen-bond acceptors (Lipinski definition) is 3. The number of aromatic nitrogens is 1. The fraction of sp³-hybridized carbons (Fsp3) is 0.467. The highest BCUT2D eigenvalue weighted by Gasteiger charge is 2.20. The third-order valence-corrected chi connectivity index (χ3v) is 3.55. The first-order valence-corrected chi connectivity index (χ1v) is 7.08. The Bertz CT molecular complexity index is 427. The molecular formula is C15H22N4O. The first kappa shape index (κ1) is 14.4. The molecule has 0 saturated carbocycles. The van der Waals surface area contributed by atoms with E-state index in [1.54, 1.807) is 6.08 Å². The van der Waals surface area contributed by atoms with E-state index in [0.717, 1.165) is 38.3 Å². The number of rotatable bonds is 5. The van der Waals surface area contributed by atoms with Gasteiger partial charge in [-0.05, 0) is 30.9 Å². The number of urea groups is 1. The second kappa shape index (κ2) is 7.53. The van der Waals surface area contributed by atoms with E-state index in [2.05, 4.69) is 27.1 Å². The van der Waals surface area contributed by atoms with Gasteiger partial charge in [-0.2, -0.15) is 0 Å². The normalized spacial score (nSPS) is 15.7. The first-order valence-electron chi connectivity index (χ1n) is 7.08. The van der Waals surface area contributed by atoms with Crippen LogP contribution in [0.4, 0.5) is 10.6 Å². The molecule has 5 nitrogen and oxygen atoms in total. The number of nitrogens with zero attached hydrogens (tertiary/aromatic N) is 2. The molecule has 1 saturated heterocycles. The third kappa shape index (κ3) is 4.26. The highest BCUT2D eigenvalue weighted by molar-refractivity contribution is 5.73. The van der Waals surface area contributed by atoms with E-state index in [0.29, 0.717) is 12.5 Å². The molecule has 0 aliphatic carbocycles. The van der Waals surface area contributed by atoms with Crippen LogP contribution in [0, 0.1) is 5.92 Å². The molecule has 2 heterocycles. The summed E-state index contributed by atoms with van der Waals surface area (Å²) < 4.78 is 0. The van der Waals surface area contributed by atoms with Crippen LogP contribution in [0.3, 0.4) is 0 Å². The van der Waals surface area contributed by atoms with Crippen molar-refractivity contribution in [1.29, 1.82) is 0 Å². The molecule has 2 N–H and O–H groups in total. The van der Waals surface area contributed by atoms with Gasteiger partial charge in [-0.25, -0.2) is 9.78 Å². The lowest BCUT2D eigenvalue weighted by Gasteiger charge is -2.32. The van der Waals surface area contributed by atoms with Crippen LogP contribution in [0.1, 0.15) is 12.8 Å². The van der Waals surface area contributed by atoms with E-state index < -0.39 is 0 Å². The van der Waals surface area contributed by atoms with Crippen molar-refractivity contribution in [1.82, 2.24) is 15.6 Å². The summed E-state index contributed by atoms with van der Waals surface area (Å²) >= 11 is 0. The van der Waals surface area contributed by atoms with Crippen molar-refractivity contribution in [3.05, 3.63) is 37.1 Å². The first-order chi connectivity index (χ1) is 9.79. The molecule has 0 aromatic carbocycles. The standard InChI is InChI=1S/C15H22N4O/c1-2-8-17-15(20)18-12-13-6-10-19(11-7-13)14-5-3-4-9-16-14/h2-5,9,13H,1,6-8,10-12H2,(H2,17,18,20). The summed E-state index contributed by atoms with van der Waals surface area (Å²) in [5.74, 6) is 1.59. The van der Waals surface area contributed by atoms with Crippen molar-refractivity contribution in [3.8, 4) is 0 Å². The summed E-state index contributed by atoms with van der Waals surface area (Å²) in [6.45, 7) is 6.80. The topological polar surface area (TPSA) is 57.3 Å². The number of pyridine rings is 1. The average Bonchev–Trinajstić information content (AvgIpc) is 2.52. The minimum Gasteiger partial charge on any atom is -0.357 e. The molecule has 1 fully saturated rings. The Hall–Kier alpha value is -2.04. The predicted octanol–water partition coefficient (Wildman–Crippen LogP) is 1.78. The van der Waals surface area contributed by atoms with Crippen LogP contribution in [0.15, 0.2) is 37.1 Å². The summed E-state index contributed by atoms with van der Waals surface area (Å²) in [4.78, 5) is 18.1. The average molecular weight is 274 g/mol. The summed E-state index contributed by atoms with van der Waals surface area (Å²) in [6.07, 6.45) is 5.66. The molecule has 1 aromatic rings. The van der Waals surface area contributed by atoms with Gasteiger partial charge in [0.05, 0.1) is 0 Å². The van der Waals surface area contributed by atoms with Gasteiger partial charge in [-0.15, -0.1) is 6.58 Å². The number of nitrogens with one attached hydrogen (secondary N) is 2. The number of piperidine rings is 1. The van der Waals surface area contributed by atoms with Crippen molar-refractivity contribution in [2.24, 2.45) is 5.92 Å². The minimum atomic E-state index is -0.114. The van der Waals surface area contributed by atoms with Crippen LogP contribution in [0.5, 0.6) is 0 Å². The van der Waals surface area contributed by atoms with E-state index in [4.69, 9.17) is 0 Å². The quantitative estimate of drug-likeness (QED) is 0.805. The van der Waals surface area contributed by atoms with Crippen molar-refractivity contribution >= 4 is 11.8 Å². The van der Waals surface area contributed by atoms with Crippen LogP contribution in [0.2, 0.25) is 0 Å². The maximum absolute atomic E-state index is 11.4. The van der Waals surface area contributed by atoms with Crippen LogP contribution < -0.4 is 15.5 Å². The van der Waals surface area contributed by atoms with Crippen LogP contribution >= 0.6 is 0 Å². The zero-order valence-corrected chi connectivity index (χ0v) is 11.7. The SMILES string of the molecule is C=CCNC(=O)NCC1CCN(c2ccccn2)CC1.